The maximum Gasteiger partial charge on any atom is 0.253 e. The first kappa shape index (κ1) is 26.6. The Kier molecular flexibility index (Phi) is 7.69. The normalized spacial score (nSPS) is 13.4. The van der Waals surface area contributed by atoms with Crippen LogP contribution in [0.5, 0.6) is 5.75 Å². The molecule has 9 nitrogen and oxygen atoms in total. The number of hydrogen-bond acceptors (Lipinski definition) is 7. The zero-order chi connectivity index (χ0) is 28.2. The van der Waals surface area contributed by atoms with Crippen molar-refractivity contribution in [3.8, 4) is 5.75 Å². The number of carbonyl (C=O) groups is 1. The van der Waals surface area contributed by atoms with Gasteiger partial charge in [0.2, 0.25) is 5.95 Å². The molecular weight excluding hydrogens is 538 g/mol. The van der Waals surface area contributed by atoms with Gasteiger partial charge in [0.25, 0.3) is 5.91 Å². The molecule has 5 aromatic rings. The molecule has 0 radical (unpaired) electrons. The largest absolute Gasteiger partial charge is 0.497 e. The van der Waals surface area contributed by atoms with Gasteiger partial charge in [0.15, 0.2) is 17.0 Å². The Bertz CT molecular complexity index is 1650. The molecular formula is C31H30ClN7O2. The molecule has 208 valence electrons. The summed E-state index contributed by atoms with van der Waals surface area (Å²) in [7, 11) is 1.61. The quantitative estimate of drug-likeness (QED) is 0.279. The van der Waals surface area contributed by atoms with Crippen LogP contribution >= 0.6 is 11.6 Å². The van der Waals surface area contributed by atoms with E-state index in [1.54, 1.807) is 19.2 Å². The number of ether oxygens (including phenoxy) is 1. The van der Waals surface area contributed by atoms with Gasteiger partial charge in [0.05, 0.1) is 20.0 Å². The minimum Gasteiger partial charge on any atom is -0.497 e. The molecule has 41 heavy (non-hydrogen) atoms. The molecule has 1 aliphatic heterocycles. The van der Waals surface area contributed by atoms with E-state index >= 15 is 0 Å². The molecule has 0 aliphatic carbocycles. The fraction of sp³-hybridized carbons (Fsp3) is 0.226. The lowest BCUT2D eigenvalue weighted by atomic mass is 10.1. The topological polar surface area (TPSA) is 88.4 Å². The van der Waals surface area contributed by atoms with Crippen LogP contribution in [0.1, 0.15) is 21.5 Å². The zero-order valence-corrected chi connectivity index (χ0v) is 23.5. The monoisotopic (exact) mass is 567 g/mol. The van der Waals surface area contributed by atoms with E-state index in [1.165, 1.54) is 0 Å². The molecule has 3 aromatic carbocycles. The molecule has 0 saturated carbocycles. The molecule has 2 aromatic heterocycles. The number of aromatic nitrogens is 4. The molecule has 0 bridgehead atoms. The predicted octanol–water partition coefficient (Wildman–Crippen LogP) is 5.11. The molecule has 1 saturated heterocycles. The van der Waals surface area contributed by atoms with Crippen LogP contribution in [0.25, 0.3) is 11.2 Å². The summed E-state index contributed by atoms with van der Waals surface area (Å²) >= 11 is 6.42. The van der Waals surface area contributed by atoms with Gasteiger partial charge in [-0.15, -0.1) is 0 Å². The maximum absolute atomic E-state index is 13.1. The Morgan fingerprint density at radius 1 is 0.927 bits per heavy atom. The summed E-state index contributed by atoms with van der Waals surface area (Å²) in [4.78, 5) is 31.6. The van der Waals surface area contributed by atoms with Gasteiger partial charge in [0, 0.05) is 43.3 Å². The van der Waals surface area contributed by atoms with Crippen LogP contribution in [0, 0.1) is 0 Å². The number of hydrogen-bond donors (Lipinski definition) is 1. The Hall–Kier alpha value is -4.63. The Morgan fingerprint density at radius 2 is 1.66 bits per heavy atom. The summed E-state index contributed by atoms with van der Waals surface area (Å²) in [6.45, 7) is 3.51. The third kappa shape index (κ3) is 5.81. The first-order valence-corrected chi connectivity index (χ1v) is 13.9. The second-order valence-electron chi connectivity index (χ2n) is 9.86. The van der Waals surface area contributed by atoms with Crippen LogP contribution < -0.4 is 15.0 Å². The number of halogens is 1. The van der Waals surface area contributed by atoms with Crippen LogP contribution in [0.15, 0.2) is 85.2 Å². The SMILES string of the molecule is COc1ccc(C(=O)N2CCN(c3nc(NCc4ccccc4Cl)c4ncn(Cc5ccccc5)c4n3)CC2)cc1. The standard InChI is InChI=1S/C31H30ClN7O2/c1-41-25-13-11-23(12-14-25)30(40)37-15-17-38(18-16-37)31-35-28(33-19-24-9-5-6-10-26(24)32)27-29(36-31)39(21-34-27)20-22-7-3-2-4-8-22/h2-14,21H,15-20H2,1H3,(H,33,35,36). The minimum absolute atomic E-state index is 0.00621. The Labute approximate surface area is 243 Å². The average molecular weight is 568 g/mol. The van der Waals surface area contributed by atoms with Gasteiger partial charge in [-0.25, -0.2) is 4.98 Å². The molecule has 3 heterocycles. The maximum atomic E-state index is 13.1. The first-order chi connectivity index (χ1) is 20.1. The Morgan fingerprint density at radius 3 is 2.39 bits per heavy atom. The van der Waals surface area contributed by atoms with Gasteiger partial charge in [0.1, 0.15) is 5.75 Å². The van der Waals surface area contributed by atoms with Gasteiger partial charge in [-0.3, -0.25) is 4.79 Å². The summed E-state index contributed by atoms with van der Waals surface area (Å²) in [5.41, 5.74) is 4.22. The summed E-state index contributed by atoms with van der Waals surface area (Å²) < 4.78 is 7.26. The van der Waals surface area contributed by atoms with Crippen molar-refractivity contribution in [2.24, 2.45) is 0 Å². The number of fused-ring (bicyclic) bond motifs is 1. The fourth-order valence-electron chi connectivity index (χ4n) is 4.94. The van der Waals surface area contributed by atoms with E-state index in [-0.39, 0.29) is 5.91 Å². The predicted molar refractivity (Wildman–Crippen MR) is 161 cm³/mol. The highest BCUT2D eigenvalue weighted by molar-refractivity contribution is 6.31. The van der Waals surface area contributed by atoms with Gasteiger partial charge in [-0.05, 0) is 41.5 Å². The van der Waals surface area contributed by atoms with E-state index in [0.29, 0.717) is 67.1 Å². The van der Waals surface area contributed by atoms with Crippen molar-refractivity contribution in [2.75, 3.05) is 43.5 Å². The third-order valence-corrected chi connectivity index (χ3v) is 7.61. The smallest absolute Gasteiger partial charge is 0.253 e. The van der Waals surface area contributed by atoms with Crippen LogP contribution in [0.3, 0.4) is 0 Å². The number of methoxy groups -OCH3 is 1. The average Bonchev–Trinajstić information content (AvgIpc) is 3.43. The van der Waals surface area contributed by atoms with Crippen molar-refractivity contribution >= 4 is 40.4 Å². The molecule has 1 amide bonds. The molecule has 1 N–H and O–H groups in total. The second kappa shape index (κ2) is 11.9. The lowest BCUT2D eigenvalue weighted by Gasteiger charge is -2.35. The molecule has 0 spiro atoms. The number of nitrogens with one attached hydrogen (secondary N) is 1. The van der Waals surface area contributed by atoms with Gasteiger partial charge < -0.3 is 24.4 Å². The lowest BCUT2D eigenvalue weighted by molar-refractivity contribution is 0.0746. The highest BCUT2D eigenvalue weighted by atomic mass is 35.5. The molecule has 10 heteroatoms. The van der Waals surface area contributed by atoms with Gasteiger partial charge in [-0.2, -0.15) is 9.97 Å². The number of imidazole rings is 1. The van der Waals surface area contributed by atoms with Gasteiger partial charge >= 0.3 is 0 Å². The van der Waals surface area contributed by atoms with E-state index in [0.717, 1.165) is 22.5 Å². The van der Waals surface area contributed by atoms with Crippen molar-refractivity contribution in [2.45, 2.75) is 13.1 Å². The van der Waals surface area contributed by atoms with Crippen molar-refractivity contribution < 1.29 is 9.53 Å². The van der Waals surface area contributed by atoms with Crippen LogP contribution in [0.4, 0.5) is 11.8 Å². The van der Waals surface area contributed by atoms with E-state index in [4.69, 9.17) is 26.3 Å². The third-order valence-electron chi connectivity index (χ3n) is 7.24. The van der Waals surface area contributed by atoms with Crippen molar-refractivity contribution in [3.05, 3.63) is 107 Å². The number of rotatable bonds is 8. The number of nitrogens with zero attached hydrogens (tertiary/aromatic N) is 6. The number of benzene rings is 3. The minimum atomic E-state index is 0.00621. The number of piperazine rings is 1. The van der Waals surface area contributed by atoms with Crippen LogP contribution in [-0.4, -0.2) is 63.6 Å². The van der Waals surface area contributed by atoms with E-state index in [1.807, 2.05) is 70.4 Å². The number of anilines is 2. The van der Waals surface area contributed by atoms with Crippen LogP contribution in [0.2, 0.25) is 5.02 Å². The molecule has 0 atom stereocenters. The van der Waals surface area contributed by atoms with E-state index < -0.39 is 0 Å². The number of carbonyl (C=O) groups excluding carboxylic acids is 1. The highest BCUT2D eigenvalue weighted by Crippen LogP contribution is 2.26. The molecule has 1 aliphatic rings. The van der Waals surface area contributed by atoms with Crippen molar-refractivity contribution in [1.82, 2.24) is 24.4 Å². The molecule has 6 rings (SSSR count). The van der Waals surface area contributed by atoms with Crippen molar-refractivity contribution in [1.29, 1.82) is 0 Å². The molecule has 1 fully saturated rings. The van der Waals surface area contributed by atoms with E-state index in [9.17, 15) is 4.79 Å². The Balaban J connectivity index is 1.25. The summed E-state index contributed by atoms with van der Waals surface area (Å²) in [5.74, 6) is 1.98. The zero-order valence-electron chi connectivity index (χ0n) is 22.7. The highest BCUT2D eigenvalue weighted by Gasteiger charge is 2.25. The second-order valence-corrected chi connectivity index (χ2v) is 10.3. The lowest BCUT2D eigenvalue weighted by Crippen LogP contribution is -2.49. The summed E-state index contributed by atoms with van der Waals surface area (Å²) in [5, 5.41) is 4.14. The van der Waals surface area contributed by atoms with Crippen LogP contribution in [-0.2, 0) is 13.1 Å². The summed E-state index contributed by atoms with van der Waals surface area (Å²) in [6, 6.07) is 25.2. The number of amides is 1. The van der Waals surface area contributed by atoms with Crippen molar-refractivity contribution in [3.63, 3.8) is 0 Å². The van der Waals surface area contributed by atoms with Gasteiger partial charge in [-0.1, -0.05) is 60.1 Å². The van der Waals surface area contributed by atoms with E-state index in [2.05, 4.69) is 27.3 Å². The molecule has 0 unspecified atom stereocenters. The summed E-state index contributed by atoms with van der Waals surface area (Å²) in [6.07, 6.45) is 1.81. The first-order valence-electron chi connectivity index (χ1n) is 13.5. The fourth-order valence-corrected chi connectivity index (χ4v) is 5.14.